The number of amides is 1. The first kappa shape index (κ1) is 18.7. The monoisotopic (exact) mass is 385 g/mol. The molecule has 2 aromatic heterocycles. The van der Waals surface area contributed by atoms with Gasteiger partial charge >= 0.3 is 0 Å². The number of aromatic nitrogens is 2. The lowest BCUT2D eigenvalue weighted by atomic mass is 10.1. The fourth-order valence-electron chi connectivity index (χ4n) is 2.61. The third-order valence-electron chi connectivity index (χ3n) is 3.91. The van der Waals surface area contributed by atoms with E-state index in [4.69, 9.17) is 14.2 Å². The maximum atomic E-state index is 12.6. The van der Waals surface area contributed by atoms with E-state index in [1.807, 2.05) is 16.8 Å². The number of thiophene rings is 1. The van der Waals surface area contributed by atoms with Gasteiger partial charge in [0.15, 0.2) is 11.5 Å². The van der Waals surface area contributed by atoms with Crippen LogP contribution in [-0.4, -0.2) is 37.2 Å². The molecule has 0 aliphatic heterocycles. The fraction of sp³-hybridized carbons (Fsp3) is 0.211. The Labute approximate surface area is 161 Å². The molecule has 7 nitrogen and oxygen atoms in total. The molecule has 8 heteroatoms. The van der Waals surface area contributed by atoms with Gasteiger partial charge in [0.1, 0.15) is 0 Å². The summed E-state index contributed by atoms with van der Waals surface area (Å²) in [6.07, 6.45) is 3.24. The van der Waals surface area contributed by atoms with Gasteiger partial charge in [-0.3, -0.25) is 14.8 Å². The molecular formula is C19H19N3O4S. The van der Waals surface area contributed by atoms with Gasteiger partial charge in [0.25, 0.3) is 5.91 Å². The Morgan fingerprint density at radius 1 is 1.07 bits per heavy atom. The summed E-state index contributed by atoms with van der Waals surface area (Å²) in [6, 6.07) is 5.18. The van der Waals surface area contributed by atoms with Gasteiger partial charge in [-0.15, -0.1) is 0 Å². The molecule has 0 aliphatic carbocycles. The van der Waals surface area contributed by atoms with E-state index >= 15 is 0 Å². The van der Waals surface area contributed by atoms with E-state index in [0.717, 1.165) is 11.3 Å². The van der Waals surface area contributed by atoms with Crippen LogP contribution in [-0.2, 0) is 6.54 Å². The highest BCUT2D eigenvalue weighted by molar-refractivity contribution is 7.08. The largest absolute Gasteiger partial charge is 0.493 e. The molecule has 1 aromatic carbocycles. The maximum absolute atomic E-state index is 12.6. The van der Waals surface area contributed by atoms with Gasteiger partial charge in [-0.2, -0.15) is 11.3 Å². The lowest BCUT2D eigenvalue weighted by Gasteiger charge is -2.14. The molecule has 0 radical (unpaired) electrons. The third kappa shape index (κ3) is 4.01. The summed E-state index contributed by atoms with van der Waals surface area (Å²) in [5, 5.41) is 6.84. The second-order valence-electron chi connectivity index (χ2n) is 5.46. The maximum Gasteiger partial charge on any atom is 0.251 e. The molecule has 0 atom stereocenters. The molecule has 27 heavy (non-hydrogen) atoms. The summed E-state index contributed by atoms with van der Waals surface area (Å²) < 4.78 is 15.9. The van der Waals surface area contributed by atoms with Crippen LogP contribution in [0, 0.1) is 0 Å². The molecule has 140 valence electrons. The fourth-order valence-corrected chi connectivity index (χ4v) is 3.26. The first-order valence-corrected chi connectivity index (χ1v) is 9.02. The molecule has 2 heterocycles. The van der Waals surface area contributed by atoms with Crippen LogP contribution in [0.4, 0.5) is 0 Å². The minimum absolute atomic E-state index is 0.245. The minimum atomic E-state index is -0.281. The van der Waals surface area contributed by atoms with Crippen molar-refractivity contribution < 1.29 is 19.0 Å². The number of rotatable bonds is 7. The molecule has 1 amide bonds. The Bertz CT molecular complexity index is 903. The molecule has 0 fully saturated rings. The summed E-state index contributed by atoms with van der Waals surface area (Å²) in [5.74, 6) is 0.988. The van der Waals surface area contributed by atoms with Gasteiger partial charge in [-0.25, -0.2) is 0 Å². The number of carbonyl (C=O) groups is 1. The first-order chi connectivity index (χ1) is 13.2. The van der Waals surface area contributed by atoms with Gasteiger partial charge in [-0.05, 0) is 23.6 Å². The number of methoxy groups -OCH3 is 3. The molecule has 1 N–H and O–H groups in total. The van der Waals surface area contributed by atoms with Crippen LogP contribution in [0.5, 0.6) is 17.2 Å². The van der Waals surface area contributed by atoms with Gasteiger partial charge in [0.2, 0.25) is 5.75 Å². The van der Waals surface area contributed by atoms with Gasteiger partial charge in [0.05, 0.1) is 39.3 Å². The second kappa shape index (κ2) is 8.50. The highest BCUT2D eigenvalue weighted by atomic mass is 32.1. The smallest absolute Gasteiger partial charge is 0.251 e. The van der Waals surface area contributed by atoms with Crippen molar-refractivity contribution in [3.05, 3.63) is 52.6 Å². The zero-order valence-corrected chi connectivity index (χ0v) is 16.0. The quantitative estimate of drug-likeness (QED) is 0.673. The Hall–Kier alpha value is -3.13. The second-order valence-corrected chi connectivity index (χ2v) is 6.24. The first-order valence-electron chi connectivity index (χ1n) is 8.08. The predicted molar refractivity (Wildman–Crippen MR) is 103 cm³/mol. The number of nitrogens with one attached hydrogen (secondary N) is 1. The van der Waals surface area contributed by atoms with E-state index in [2.05, 4.69) is 15.3 Å². The Balaban J connectivity index is 1.81. The van der Waals surface area contributed by atoms with Crippen LogP contribution >= 0.6 is 11.3 Å². The van der Waals surface area contributed by atoms with Crippen LogP contribution in [0.1, 0.15) is 16.1 Å². The van der Waals surface area contributed by atoms with E-state index in [-0.39, 0.29) is 12.5 Å². The molecule has 0 bridgehead atoms. The lowest BCUT2D eigenvalue weighted by molar-refractivity contribution is 0.0949. The van der Waals surface area contributed by atoms with Crippen LogP contribution in [0.25, 0.3) is 11.3 Å². The van der Waals surface area contributed by atoms with Crippen molar-refractivity contribution in [1.82, 2.24) is 15.3 Å². The summed E-state index contributed by atoms with van der Waals surface area (Å²) in [4.78, 5) is 21.4. The number of hydrogen-bond donors (Lipinski definition) is 1. The number of carbonyl (C=O) groups excluding carboxylic acids is 1. The zero-order valence-electron chi connectivity index (χ0n) is 15.2. The molecule has 3 aromatic rings. The van der Waals surface area contributed by atoms with Gasteiger partial charge in [-0.1, -0.05) is 0 Å². The molecule has 3 rings (SSSR count). The van der Waals surface area contributed by atoms with Gasteiger partial charge < -0.3 is 19.5 Å². The van der Waals surface area contributed by atoms with Crippen molar-refractivity contribution in [2.24, 2.45) is 0 Å². The molecule has 0 saturated carbocycles. The normalized spacial score (nSPS) is 10.3. The average Bonchev–Trinajstić information content (AvgIpc) is 3.25. The van der Waals surface area contributed by atoms with E-state index in [1.165, 1.54) is 21.3 Å². The van der Waals surface area contributed by atoms with E-state index < -0.39 is 0 Å². The van der Waals surface area contributed by atoms with E-state index in [9.17, 15) is 4.79 Å². The highest BCUT2D eigenvalue weighted by Crippen LogP contribution is 2.38. The van der Waals surface area contributed by atoms with Crippen molar-refractivity contribution in [3.8, 4) is 28.5 Å². The van der Waals surface area contributed by atoms with Crippen molar-refractivity contribution in [3.63, 3.8) is 0 Å². The standard InChI is InChI=1S/C19H19N3O4S/c1-24-15-8-13(9-16(25-2)18(15)26-3)19(23)22-10-14-17(21-6-5-20-14)12-4-7-27-11-12/h4-9,11H,10H2,1-3H3,(H,22,23). The van der Waals surface area contributed by atoms with E-state index in [1.54, 1.807) is 35.9 Å². The van der Waals surface area contributed by atoms with Crippen molar-refractivity contribution >= 4 is 17.2 Å². The third-order valence-corrected chi connectivity index (χ3v) is 4.60. The topological polar surface area (TPSA) is 82.6 Å². The molecule has 0 unspecified atom stereocenters. The van der Waals surface area contributed by atoms with Crippen molar-refractivity contribution in [1.29, 1.82) is 0 Å². The SMILES string of the molecule is COc1cc(C(=O)NCc2nccnc2-c2ccsc2)cc(OC)c1OC. The Morgan fingerprint density at radius 3 is 2.37 bits per heavy atom. The van der Waals surface area contributed by atoms with Crippen LogP contribution in [0.2, 0.25) is 0 Å². The predicted octanol–water partition coefficient (Wildman–Crippen LogP) is 3.16. The number of benzene rings is 1. The van der Waals surface area contributed by atoms with Crippen LogP contribution in [0.15, 0.2) is 41.4 Å². The van der Waals surface area contributed by atoms with Crippen molar-refractivity contribution in [2.75, 3.05) is 21.3 Å². The summed E-state index contributed by atoms with van der Waals surface area (Å²) in [7, 11) is 4.53. The molecule has 0 saturated heterocycles. The van der Waals surface area contributed by atoms with Crippen LogP contribution in [0.3, 0.4) is 0 Å². The summed E-state index contributed by atoms with van der Waals surface area (Å²) in [5.41, 5.74) is 2.82. The number of hydrogen-bond acceptors (Lipinski definition) is 7. The van der Waals surface area contributed by atoms with Crippen molar-refractivity contribution in [2.45, 2.75) is 6.54 Å². The highest BCUT2D eigenvalue weighted by Gasteiger charge is 2.17. The summed E-state index contributed by atoms with van der Waals surface area (Å²) >= 11 is 1.58. The van der Waals surface area contributed by atoms with Gasteiger partial charge in [0, 0.05) is 28.9 Å². The molecular weight excluding hydrogens is 366 g/mol. The Morgan fingerprint density at radius 2 is 1.78 bits per heavy atom. The molecule has 0 aliphatic rings. The Kier molecular flexibility index (Phi) is 5.87. The lowest BCUT2D eigenvalue weighted by Crippen LogP contribution is -2.24. The number of nitrogens with zero attached hydrogens (tertiary/aromatic N) is 2. The average molecular weight is 385 g/mol. The zero-order chi connectivity index (χ0) is 19.2. The number of ether oxygens (including phenoxy) is 3. The minimum Gasteiger partial charge on any atom is -0.493 e. The van der Waals surface area contributed by atoms with E-state index in [0.29, 0.717) is 28.5 Å². The van der Waals surface area contributed by atoms with Crippen LogP contribution < -0.4 is 19.5 Å². The molecule has 0 spiro atoms. The summed E-state index contributed by atoms with van der Waals surface area (Å²) in [6.45, 7) is 0.245.